The van der Waals surface area contributed by atoms with Crippen LogP contribution in [0.4, 0.5) is 0 Å². The van der Waals surface area contributed by atoms with E-state index in [2.05, 4.69) is 13.8 Å². The van der Waals surface area contributed by atoms with Crippen LogP contribution < -0.4 is 0 Å². The van der Waals surface area contributed by atoms with Gasteiger partial charge in [0, 0.05) is 18.4 Å². The molecule has 150 valence electrons. The number of aliphatic hydroxyl groups is 1. The minimum atomic E-state index is -1.24. The Hall–Kier alpha value is -1.00. The van der Waals surface area contributed by atoms with Crippen LogP contribution in [0.2, 0.25) is 0 Å². The third kappa shape index (κ3) is 2.62. The van der Waals surface area contributed by atoms with Gasteiger partial charge in [0.15, 0.2) is 11.6 Å². The topological polar surface area (TPSA) is 63.6 Å². The van der Waals surface area contributed by atoms with Crippen LogP contribution in [0.5, 0.6) is 0 Å². The van der Waals surface area contributed by atoms with E-state index in [-0.39, 0.29) is 23.2 Å². The molecule has 0 amide bonds. The molecule has 3 unspecified atom stereocenters. The minimum Gasteiger partial charge on any atom is -0.381 e. The first-order chi connectivity index (χ1) is 12.8. The van der Waals surface area contributed by atoms with E-state index in [9.17, 15) is 14.7 Å². The molecule has 4 rings (SSSR count). The van der Waals surface area contributed by atoms with Gasteiger partial charge in [0.1, 0.15) is 12.2 Å². The van der Waals surface area contributed by atoms with Crippen LogP contribution in [0, 0.1) is 28.6 Å². The van der Waals surface area contributed by atoms with Crippen LogP contribution in [0.15, 0.2) is 11.6 Å². The third-order valence-electron chi connectivity index (χ3n) is 9.01. The molecule has 4 aliphatic rings. The van der Waals surface area contributed by atoms with Crippen LogP contribution in [0.25, 0.3) is 0 Å². The largest absolute Gasteiger partial charge is 0.381 e. The van der Waals surface area contributed by atoms with E-state index in [0.29, 0.717) is 43.0 Å². The van der Waals surface area contributed by atoms with Gasteiger partial charge in [-0.2, -0.15) is 0 Å². The molecule has 0 aromatic rings. The average molecular weight is 375 g/mol. The highest BCUT2D eigenvalue weighted by molar-refractivity contribution is 5.91. The number of rotatable bonds is 4. The zero-order chi connectivity index (χ0) is 19.4. The standard InChI is InChI=1S/C23H34O4/c1-4-27-14-20(25)23(26)12-9-19-17-6-5-15-13-16(24)7-10-21(15,2)18(17)8-11-22(19,23)3/h13,17-19,26H,4-12,14H2,1-3H3/t17?,18?,19?,21-,22-,23-/m0/s1. The first-order valence-corrected chi connectivity index (χ1v) is 10.8. The van der Waals surface area contributed by atoms with Gasteiger partial charge in [0.05, 0.1) is 0 Å². The fourth-order valence-corrected chi connectivity index (χ4v) is 7.35. The Morgan fingerprint density at radius 3 is 2.63 bits per heavy atom. The van der Waals surface area contributed by atoms with E-state index in [1.165, 1.54) is 5.57 Å². The molecule has 27 heavy (non-hydrogen) atoms. The van der Waals surface area contributed by atoms with E-state index in [4.69, 9.17) is 4.74 Å². The summed E-state index contributed by atoms with van der Waals surface area (Å²) < 4.78 is 5.35. The van der Waals surface area contributed by atoms with Crippen molar-refractivity contribution in [3.63, 3.8) is 0 Å². The van der Waals surface area contributed by atoms with Gasteiger partial charge < -0.3 is 9.84 Å². The monoisotopic (exact) mass is 374 g/mol. The molecular formula is C23H34O4. The summed E-state index contributed by atoms with van der Waals surface area (Å²) in [7, 11) is 0. The van der Waals surface area contributed by atoms with Crippen molar-refractivity contribution in [3.05, 3.63) is 11.6 Å². The molecule has 3 fully saturated rings. The summed E-state index contributed by atoms with van der Waals surface area (Å²) in [5, 5.41) is 11.5. The first kappa shape index (κ1) is 19.3. The number of Topliss-reactive ketones (excluding diaryl/α,β-unsaturated/α-hetero) is 1. The molecule has 6 atom stereocenters. The molecule has 0 radical (unpaired) electrons. The quantitative estimate of drug-likeness (QED) is 0.812. The highest BCUT2D eigenvalue weighted by atomic mass is 16.5. The fourth-order valence-electron chi connectivity index (χ4n) is 7.35. The maximum Gasteiger partial charge on any atom is 0.190 e. The second-order valence-corrected chi connectivity index (χ2v) is 9.88. The lowest BCUT2D eigenvalue weighted by molar-refractivity contribution is -0.166. The van der Waals surface area contributed by atoms with E-state index in [0.717, 1.165) is 38.5 Å². The molecule has 0 spiro atoms. The van der Waals surface area contributed by atoms with Gasteiger partial charge in [-0.05, 0) is 81.1 Å². The number of ether oxygens (including phenoxy) is 1. The number of allylic oxidation sites excluding steroid dienone is 1. The number of carbonyl (C=O) groups excluding carboxylic acids is 2. The Labute approximate surface area is 162 Å². The third-order valence-corrected chi connectivity index (χ3v) is 9.01. The number of carbonyl (C=O) groups is 2. The Kier molecular flexibility index (Phi) is 4.67. The molecule has 0 aromatic carbocycles. The molecule has 0 aliphatic heterocycles. The number of fused-ring (bicyclic) bond motifs is 5. The summed E-state index contributed by atoms with van der Waals surface area (Å²) in [4.78, 5) is 24.8. The maximum absolute atomic E-state index is 12.9. The highest BCUT2D eigenvalue weighted by Gasteiger charge is 2.66. The Morgan fingerprint density at radius 2 is 1.89 bits per heavy atom. The Bertz CT molecular complexity index is 682. The Morgan fingerprint density at radius 1 is 1.15 bits per heavy atom. The van der Waals surface area contributed by atoms with Gasteiger partial charge >= 0.3 is 0 Å². The maximum atomic E-state index is 12.9. The summed E-state index contributed by atoms with van der Waals surface area (Å²) in [6.45, 7) is 6.92. The smallest absolute Gasteiger partial charge is 0.190 e. The minimum absolute atomic E-state index is 0.0239. The summed E-state index contributed by atoms with van der Waals surface area (Å²) in [5.41, 5.74) is -0.0834. The first-order valence-electron chi connectivity index (χ1n) is 10.8. The van der Waals surface area contributed by atoms with E-state index >= 15 is 0 Å². The molecule has 4 nitrogen and oxygen atoms in total. The molecule has 0 aromatic heterocycles. The van der Waals surface area contributed by atoms with Crippen molar-refractivity contribution in [2.24, 2.45) is 28.6 Å². The van der Waals surface area contributed by atoms with Crippen LogP contribution in [-0.4, -0.2) is 35.5 Å². The summed E-state index contributed by atoms with van der Waals surface area (Å²) in [5.74, 6) is 1.68. The lowest BCUT2D eigenvalue weighted by Crippen LogP contribution is -2.58. The highest BCUT2D eigenvalue weighted by Crippen LogP contribution is 2.67. The fraction of sp³-hybridized carbons (Fsp3) is 0.826. The van der Waals surface area contributed by atoms with Crippen molar-refractivity contribution in [2.75, 3.05) is 13.2 Å². The second kappa shape index (κ2) is 6.52. The molecule has 0 saturated heterocycles. The molecule has 0 bridgehead atoms. The lowest BCUT2D eigenvalue weighted by Gasteiger charge is -2.58. The Balaban J connectivity index is 1.62. The van der Waals surface area contributed by atoms with Gasteiger partial charge in [-0.25, -0.2) is 0 Å². The molecule has 3 saturated carbocycles. The van der Waals surface area contributed by atoms with Crippen LogP contribution >= 0.6 is 0 Å². The lowest BCUT2D eigenvalue weighted by atomic mass is 9.46. The van der Waals surface area contributed by atoms with E-state index < -0.39 is 5.60 Å². The molecule has 0 heterocycles. The van der Waals surface area contributed by atoms with E-state index in [1.807, 2.05) is 13.0 Å². The van der Waals surface area contributed by atoms with Crippen LogP contribution in [0.3, 0.4) is 0 Å². The molecule has 4 aliphatic carbocycles. The van der Waals surface area contributed by atoms with Crippen molar-refractivity contribution in [1.82, 2.24) is 0 Å². The zero-order valence-electron chi connectivity index (χ0n) is 17.1. The summed E-state index contributed by atoms with van der Waals surface area (Å²) in [6, 6.07) is 0. The number of hydrogen-bond donors (Lipinski definition) is 1. The molecule has 4 heteroatoms. The van der Waals surface area contributed by atoms with Crippen molar-refractivity contribution < 1.29 is 19.4 Å². The van der Waals surface area contributed by atoms with E-state index in [1.54, 1.807) is 0 Å². The number of hydrogen-bond acceptors (Lipinski definition) is 4. The van der Waals surface area contributed by atoms with Gasteiger partial charge in [0.25, 0.3) is 0 Å². The van der Waals surface area contributed by atoms with Crippen molar-refractivity contribution in [3.8, 4) is 0 Å². The summed E-state index contributed by atoms with van der Waals surface area (Å²) in [6.07, 6.45) is 9.10. The number of ketones is 2. The SMILES string of the molecule is CCOCC(=O)[C@@]1(O)CCC2C3CCC4=CC(=O)CC[C@]4(C)C3CC[C@@]21C. The summed E-state index contributed by atoms with van der Waals surface area (Å²) >= 11 is 0. The second-order valence-electron chi connectivity index (χ2n) is 9.88. The van der Waals surface area contributed by atoms with Crippen molar-refractivity contribution >= 4 is 11.6 Å². The normalized spacial score (nSPS) is 46.3. The van der Waals surface area contributed by atoms with Gasteiger partial charge in [-0.1, -0.05) is 19.4 Å². The van der Waals surface area contributed by atoms with Crippen LogP contribution in [0.1, 0.15) is 72.1 Å². The zero-order valence-corrected chi connectivity index (χ0v) is 17.1. The predicted octanol–water partition coefficient (Wildman–Crippen LogP) is 3.86. The molecule has 1 N–H and O–H groups in total. The van der Waals surface area contributed by atoms with Crippen molar-refractivity contribution in [1.29, 1.82) is 0 Å². The average Bonchev–Trinajstić information content (AvgIpc) is 2.92. The predicted molar refractivity (Wildman–Crippen MR) is 103 cm³/mol. The van der Waals surface area contributed by atoms with Gasteiger partial charge in [-0.15, -0.1) is 0 Å². The van der Waals surface area contributed by atoms with Gasteiger partial charge in [0.2, 0.25) is 0 Å². The molecular weight excluding hydrogens is 340 g/mol. The van der Waals surface area contributed by atoms with Gasteiger partial charge in [-0.3, -0.25) is 9.59 Å². The van der Waals surface area contributed by atoms with Crippen LogP contribution in [-0.2, 0) is 14.3 Å². The van der Waals surface area contributed by atoms with Crippen molar-refractivity contribution in [2.45, 2.75) is 77.7 Å².